The second-order valence-electron chi connectivity index (χ2n) is 4.49. The summed E-state index contributed by atoms with van der Waals surface area (Å²) in [6.45, 7) is 3.34. The molecule has 20 heavy (non-hydrogen) atoms. The summed E-state index contributed by atoms with van der Waals surface area (Å²) in [5, 5.41) is 20.3. The molecule has 0 saturated heterocycles. The predicted octanol–water partition coefficient (Wildman–Crippen LogP) is 0.714. The topological polar surface area (TPSA) is 95.9 Å². The van der Waals surface area contributed by atoms with Crippen LogP contribution in [0.2, 0.25) is 0 Å². The molecule has 0 aliphatic rings. The molecule has 3 N–H and O–H groups in total. The Morgan fingerprint density at radius 2 is 2.00 bits per heavy atom. The van der Waals surface area contributed by atoms with E-state index in [1.54, 1.807) is 6.07 Å². The molecule has 0 aromatic heterocycles. The first-order valence-electron chi connectivity index (χ1n) is 6.30. The SMILES string of the molecule is Cc1ccccc1OCCC(=O)N[C@H](C(=O)O)[C@@H](C)O. The van der Waals surface area contributed by atoms with Gasteiger partial charge >= 0.3 is 5.97 Å². The number of carboxylic acid groups (broad SMARTS) is 1. The van der Waals surface area contributed by atoms with Crippen LogP contribution in [0.25, 0.3) is 0 Å². The van der Waals surface area contributed by atoms with Crippen LogP contribution in [-0.2, 0) is 9.59 Å². The maximum atomic E-state index is 11.6. The summed E-state index contributed by atoms with van der Waals surface area (Å²) in [6.07, 6.45) is -1.14. The van der Waals surface area contributed by atoms with E-state index in [0.29, 0.717) is 5.75 Å². The summed E-state index contributed by atoms with van der Waals surface area (Å²) in [5.41, 5.74) is 0.959. The molecular formula is C14H19NO5. The van der Waals surface area contributed by atoms with Gasteiger partial charge in [0.2, 0.25) is 5.91 Å². The fourth-order valence-corrected chi connectivity index (χ4v) is 1.61. The minimum Gasteiger partial charge on any atom is -0.493 e. The number of ether oxygens (including phenoxy) is 1. The smallest absolute Gasteiger partial charge is 0.328 e. The molecule has 1 rings (SSSR count). The number of aliphatic carboxylic acids is 1. The number of rotatable bonds is 7. The van der Waals surface area contributed by atoms with Crippen molar-refractivity contribution in [2.75, 3.05) is 6.61 Å². The lowest BCUT2D eigenvalue weighted by molar-refractivity contribution is -0.144. The maximum absolute atomic E-state index is 11.6. The number of hydrogen-bond acceptors (Lipinski definition) is 4. The lowest BCUT2D eigenvalue weighted by Gasteiger charge is -2.17. The number of carboxylic acids is 1. The summed E-state index contributed by atoms with van der Waals surface area (Å²) in [7, 11) is 0. The highest BCUT2D eigenvalue weighted by Gasteiger charge is 2.24. The van der Waals surface area contributed by atoms with Crippen molar-refractivity contribution in [2.24, 2.45) is 0 Å². The highest BCUT2D eigenvalue weighted by atomic mass is 16.5. The molecule has 0 bridgehead atoms. The average Bonchev–Trinajstić information content (AvgIpc) is 2.37. The maximum Gasteiger partial charge on any atom is 0.328 e. The molecule has 6 nitrogen and oxygen atoms in total. The molecule has 0 aliphatic carbocycles. The van der Waals surface area contributed by atoms with Crippen LogP contribution in [0.1, 0.15) is 18.9 Å². The summed E-state index contributed by atoms with van der Waals surface area (Å²) >= 11 is 0. The van der Waals surface area contributed by atoms with Crippen LogP contribution < -0.4 is 10.1 Å². The summed E-state index contributed by atoms with van der Waals surface area (Å²) < 4.78 is 5.44. The van der Waals surface area contributed by atoms with E-state index >= 15 is 0 Å². The number of para-hydroxylation sites is 1. The van der Waals surface area contributed by atoms with E-state index in [1.165, 1.54) is 6.92 Å². The van der Waals surface area contributed by atoms with E-state index in [-0.39, 0.29) is 13.0 Å². The highest BCUT2D eigenvalue weighted by Crippen LogP contribution is 2.16. The van der Waals surface area contributed by atoms with Crippen molar-refractivity contribution in [1.29, 1.82) is 0 Å². The standard InChI is InChI=1S/C14H19NO5/c1-9-5-3-4-6-11(9)20-8-7-12(17)15-13(10(2)16)14(18)19/h3-6,10,13,16H,7-8H2,1-2H3,(H,15,17)(H,18,19)/t10-,13+/m1/s1. The molecule has 110 valence electrons. The second-order valence-corrected chi connectivity index (χ2v) is 4.49. The molecule has 1 amide bonds. The molecule has 0 aliphatic heterocycles. The van der Waals surface area contributed by atoms with Crippen molar-refractivity contribution in [3.63, 3.8) is 0 Å². The first-order valence-corrected chi connectivity index (χ1v) is 6.30. The first-order chi connectivity index (χ1) is 9.41. The minimum atomic E-state index is -1.30. The Morgan fingerprint density at radius 1 is 1.35 bits per heavy atom. The van der Waals surface area contributed by atoms with Crippen LogP contribution in [0.15, 0.2) is 24.3 Å². The highest BCUT2D eigenvalue weighted by molar-refractivity contribution is 5.83. The van der Waals surface area contributed by atoms with Crippen LogP contribution in [0, 0.1) is 6.92 Å². The Hall–Kier alpha value is -2.08. The summed E-state index contributed by atoms with van der Waals surface area (Å²) in [6, 6.07) is 6.10. The Balaban J connectivity index is 2.40. The largest absolute Gasteiger partial charge is 0.493 e. The lowest BCUT2D eigenvalue weighted by atomic mass is 10.2. The van der Waals surface area contributed by atoms with E-state index in [4.69, 9.17) is 9.84 Å². The van der Waals surface area contributed by atoms with Gasteiger partial charge in [-0.3, -0.25) is 4.79 Å². The predicted molar refractivity (Wildman–Crippen MR) is 72.5 cm³/mol. The third-order valence-electron chi connectivity index (χ3n) is 2.75. The molecule has 0 heterocycles. The van der Waals surface area contributed by atoms with Crippen molar-refractivity contribution < 1.29 is 24.5 Å². The van der Waals surface area contributed by atoms with Gasteiger partial charge in [0.15, 0.2) is 6.04 Å². The zero-order valence-electron chi connectivity index (χ0n) is 11.5. The molecule has 0 radical (unpaired) electrons. The van der Waals surface area contributed by atoms with Gasteiger partial charge in [-0.2, -0.15) is 0 Å². The van der Waals surface area contributed by atoms with Gasteiger partial charge in [-0.1, -0.05) is 18.2 Å². The third-order valence-corrected chi connectivity index (χ3v) is 2.75. The summed E-state index contributed by atoms with van der Waals surface area (Å²) in [4.78, 5) is 22.4. The molecule has 0 saturated carbocycles. The van der Waals surface area contributed by atoms with Gasteiger partial charge in [0, 0.05) is 0 Å². The Kier molecular flexibility index (Phi) is 5.99. The van der Waals surface area contributed by atoms with Gasteiger partial charge in [-0.25, -0.2) is 4.79 Å². The number of amides is 1. The van der Waals surface area contributed by atoms with Crippen LogP contribution in [0.4, 0.5) is 0 Å². The molecule has 0 spiro atoms. The number of carbonyl (C=O) groups is 2. The Morgan fingerprint density at radius 3 is 2.55 bits per heavy atom. The van der Waals surface area contributed by atoms with E-state index in [9.17, 15) is 14.7 Å². The van der Waals surface area contributed by atoms with E-state index in [1.807, 2.05) is 25.1 Å². The molecule has 6 heteroatoms. The minimum absolute atomic E-state index is 0.0187. The molecule has 0 fully saturated rings. The van der Waals surface area contributed by atoms with Crippen molar-refractivity contribution in [3.05, 3.63) is 29.8 Å². The van der Waals surface area contributed by atoms with Gasteiger partial charge in [-0.05, 0) is 25.5 Å². The second kappa shape index (κ2) is 7.49. The number of nitrogens with one attached hydrogen (secondary N) is 1. The third kappa shape index (κ3) is 4.89. The fourth-order valence-electron chi connectivity index (χ4n) is 1.61. The number of hydrogen-bond donors (Lipinski definition) is 3. The zero-order valence-corrected chi connectivity index (χ0v) is 11.5. The van der Waals surface area contributed by atoms with Crippen molar-refractivity contribution in [3.8, 4) is 5.75 Å². The van der Waals surface area contributed by atoms with Gasteiger partial charge < -0.3 is 20.3 Å². The van der Waals surface area contributed by atoms with Crippen molar-refractivity contribution >= 4 is 11.9 Å². The van der Waals surface area contributed by atoms with E-state index < -0.39 is 24.0 Å². The van der Waals surface area contributed by atoms with Gasteiger partial charge in [0.1, 0.15) is 5.75 Å². The van der Waals surface area contributed by atoms with Crippen LogP contribution in [-0.4, -0.2) is 40.8 Å². The number of benzene rings is 1. The van der Waals surface area contributed by atoms with E-state index in [0.717, 1.165) is 5.56 Å². The number of aryl methyl sites for hydroxylation is 1. The van der Waals surface area contributed by atoms with Crippen LogP contribution >= 0.6 is 0 Å². The molecular weight excluding hydrogens is 262 g/mol. The van der Waals surface area contributed by atoms with Crippen molar-refractivity contribution in [2.45, 2.75) is 32.4 Å². The number of aliphatic hydroxyl groups is 1. The quantitative estimate of drug-likeness (QED) is 0.684. The van der Waals surface area contributed by atoms with Gasteiger partial charge in [-0.15, -0.1) is 0 Å². The van der Waals surface area contributed by atoms with Gasteiger partial charge in [0.05, 0.1) is 19.1 Å². The zero-order chi connectivity index (χ0) is 15.1. The monoisotopic (exact) mass is 281 g/mol. The molecule has 2 atom stereocenters. The number of aliphatic hydroxyl groups excluding tert-OH is 1. The number of carbonyl (C=O) groups excluding carboxylic acids is 1. The fraction of sp³-hybridized carbons (Fsp3) is 0.429. The first kappa shape index (κ1) is 16.0. The lowest BCUT2D eigenvalue weighted by Crippen LogP contribution is -2.47. The molecule has 0 unspecified atom stereocenters. The van der Waals surface area contributed by atoms with Crippen LogP contribution in [0.3, 0.4) is 0 Å². The van der Waals surface area contributed by atoms with E-state index in [2.05, 4.69) is 5.32 Å². The molecule has 1 aromatic carbocycles. The Bertz CT molecular complexity index is 472. The summed E-state index contributed by atoms with van der Waals surface area (Å²) in [5.74, 6) is -1.06. The normalized spacial score (nSPS) is 13.3. The van der Waals surface area contributed by atoms with Crippen LogP contribution in [0.5, 0.6) is 5.75 Å². The van der Waals surface area contributed by atoms with Gasteiger partial charge in [0.25, 0.3) is 0 Å². The Labute approximate surface area is 117 Å². The molecule has 1 aromatic rings. The van der Waals surface area contributed by atoms with Crippen molar-refractivity contribution in [1.82, 2.24) is 5.32 Å². The average molecular weight is 281 g/mol.